The van der Waals surface area contributed by atoms with Crippen molar-refractivity contribution in [1.82, 2.24) is 9.97 Å². The highest BCUT2D eigenvalue weighted by atomic mass is 16.5. The number of imidazole rings is 1. The van der Waals surface area contributed by atoms with Gasteiger partial charge in [0.05, 0.1) is 11.2 Å². The second kappa shape index (κ2) is 3.04. The van der Waals surface area contributed by atoms with Crippen molar-refractivity contribution >= 4 is 16.7 Å². The van der Waals surface area contributed by atoms with Gasteiger partial charge < -0.3 is 20.8 Å². The molecule has 2 rings (SSSR count). The van der Waals surface area contributed by atoms with Crippen molar-refractivity contribution in [1.29, 1.82) is 0 Å². The maximum Gasteiger partial charge on any atom is 0.133 e. The van der Waals surface area contributed by atoms with Crippen LogP contribution < -0.4 is 5.48 Å². The van der Waals surface area contributed by atoms with E-state index in [0.29, 0.717) is 17.0 Å². The molecule has 0 fully saturated rings. The molecule has 1 heterocycles. The summed E-state index contributed by atoms with van der Waals surface area (Å²) in [7, 11) is 0. The Morgan fingerprint density at radius 2 is 2.38 bits per heavy atom. The van der Waals surface area contributed by atoms with Gasteiger partial charge in [0.15, 0.2) is 0 Å². The third kappa shape index (κ3) is 1.24. The van der Waals surface area contributed by atoms with Crippen LogP contribution in [0.25, 0.3) is 11.0 Å². The average Bonchev–Trinajstić information content (AvgIpc) is 2.59. The van der Waals surface area contributed by atoms with Crippen LogP contribution in [0.2, 0.25) is 0 Å². The molecule has 5 nitrogen and oxygen atoms in total. The molecule has 0 aliphatic carbocycles. The molecule has 0 saturated heterocycles. The highest BCUT2D eigenvalue weighted by Gasteiger charge is 2.03. The van der Waals surface area contributed by atoms with E-state index in [0.717, 1.165) is 5.52 Å². The molecule has 0 radical (unpaired) electrons. The SMILES string of the molecule is [O-]Nc1cccc2[nH]c(CO)nc12. The van der Waals surface area contributed by atoms with Crippen LogP contribution in [-0.4, -0.2) is 15.1 Å². The van der Waals surface area contributed by atoms with E-state index in [4.69, 9.17) is 5.11 Å². The highest BCUT2D eigenvalue weighted by molar-refractivity contribution is 5.88. The maximum absolute atomic E-state index is 10.5. The first kappa shape index (κ1) is 8.03. The minimum atomic E-state index is -0.160. The lowest BCUT2D eigenvalue weighted by molar-refractivity contribution is 0.273. The summed E-state index contributed by atoms with van der Waals surface area (Å²) in [6, 6.07) is 5.17. The summed E-state index contributed by atoms with van der Waals surface area (Å²) in [6.07, 6.45) is 0. The number of nitrogens with zero attached hydrogens (tertiary/aromatic N) is 1. The Kier molecular flexibility index (Phi) is 1.88. The Morgan fingerprint density at radius 3 is 3.08 bits per heavy atom. The third-order valence-electron chi connectivity index (χ3n) is 1.82. The van der Waals surface area contributed by atoms with E-state index >= 15 is 0 Å². The fraction of sp³-hybridized carbons (Fsp3) is 0.125. The molecule has 0 atom stereocenters. The van der Waals surface area contributed by atoms with Gasteiger partial charge in [0.2, 0.25) is 0 Å². The average molecular weight is 178 g/mol. The molecule has 1 aromatic heterocycles. The van der Waals surface area contributed by atoms with Gasteiger partial charge in [0, 0.05) is 0 Å². The van der Waals surface area contributed by atoms with Gasteiger partial charge in [-0.2, -0.15) is 0 Å². The van der Waals surface area contributed by atoms with Gasteiger partial charge in [-0.05, 0) is 12.1 Å². The molecular weight excluding hydrogens is 170 g/mol. The topological polar surface area (TPSA) is 84.0 Å². The second-order valence-corrected chi connectivity index (χ2v) is 2.65. The molecule has 0 spiro atoms. The maximum atomic E-state index is 10.5. The predicted molar refractivity (Wildman–Crippen MR) is 49.0 cm³/mol. The molecule has 0 bridgehead atoms. The number of aromatic amines is 1. The first-order chi connectivity index (χ1) is 6.35. The van der Waals surface area contributed by atoms with Crippen molar-refractivity contribution in [2.24, 2.45) is 0 Å². The first-order valence-corrected chi connectivity index (χ1v) is 3.82. The number of rotatable bonds is 2. The molecule has 0 aliphatic rings. The number of hydrogen-bond acceptors (Lipinski definition) is 4. The molecular formula is C8H8N3O2-. The van der Waals surface area contributed by atoms with Gasteiger partial charge in [-0.25, -0.2) is 4.98 Å². The number of aliphatic hydroxyl groups excluding tert-OH is 1. The summed E-state index contributed by atoms with van der Waals surface area (Å²) in [5.41, 5.74) is 3.50. The van der Waals surface area contributed by atoms with Crippen molar-refractivity contribution in [3.8, 4) is 0 Å². The number of nitrogens with one attached hydrogen (secondary N) is 2. The van der Waals surface area contributed by atoms with E-state index in [9.17, 15) is 5.21 Å². The largest absolute Gasteiger partial charge is 0.761 e. The summed E-state index contributed by atoms with van der Waals surface area (Å²) < 4.78 is 0. The summed E-state index contributed by atoms with van der Waals surface area (Å²) in [5.74, 6) is 0.456. The summed E-state index contributed by atoms with van der Waals surface area (Å²) in [4.78, 5) is 6.91. The molecule has 0 saturated carbocycles. The fourth-order valence-electron chi connectivity index (χ4n) is 1.24. The molecule has 2 aromatic rings. The number of para-hydroxylation sites is 1. The fourth-order valence-corrected chi connectivity index (χ4v) is 1.24. The number of aromatic nitrogens is 2. The van der Waals surface area contributed by atoms with Crippen LogP contribution in [0.1, 0.15) is 5.82 Å². The van der Waals surface area contributed by atoms with E-state index in [2.05, 4.69) is 9.97 Å². The monoisotopic (exact) mass is 178 g/mol. The van der Waals surface area contributed by atoms with Crippen LogP contribution in [-0.2, 0) is 6.61 Å². The van der Waals surface area contributed by atoms with Crippen LogP contribution in [0.5, 0.6) is 0 Å². The molecule has 13 heavy (non-hydrogen) atoms. The third-order valence-corrected chi connectivity index (χ3v) is 1.82. The minimum absolute atomic E-state index is 0.160. The second-order valence-electron chi connectivity index (χ2n) is 2.65. The number of aliphatic hydroxyl groups is 1. The number of H-pyrrole nitrogens is 1. The molecule has 5 heteroatoms. The first-order valence-electron chi connectivity index (χ1n) is 3.82. The Bertz CT molecular complexity index is 424. The molecule has 0 aliphatic heterocycles. The number of fused-ring (bicyclic) bond motifs is 1. The zero-order valence-electron chi connectivity index (χ0n) is 6.74. The lowest BCUT2D eigenvalue weighted by Gasteiger charge is -2.08. The van der Waals surface area contributed by atoms with Crippen molar-refractivity contribution in [3.63, 3.8) is 0 Å². The Morgan fingerprint density at radius 1 is 1.54 bits per heavy atom. The Balaban J connectivity index is 2.67. The molecule has 1 aromatic carbocycles. The Labute approximate surface area is 74.0 Å². The zero-order chi connectivity index (χ0) is 9.26. The number of anilines is 1. The van der Waals surface area contributed by atoms with Gasteiger partial charge in [-0.1, -0.05) is 6.07 Å². The molecule has 68 valence electrons. The van der Waals surface area contributed by atoms with Crippen molar-refractivity contribution in [2.75, 3.05) is 5.48 Å². The summed E-state index contributed by atoms with van der Waals surface area (Å²) in [6.45, 7) is -0.160. The molecule has 3 N–H and O–H groups in total. The van der Waals surface area contributed by atoms with Gasteiger partial charge in [0.25, 0.3) is 0 Å². The van der Waals surface area contributed by atoms with E-state index in [-0.39, 0.29) is 6.61 Å². The van der Waals surface area contributed by atoms with Crippen LogP contribution in [0.3, 0.4) is 0 Å². The van der Waals surface area contributed by atoms with Gasteiger partial charge >= 0.3 is 0 Å². The predicted octanol–water partition coefficient (Wildman–Crippen LogP) is 0.965. The highest BCUT2D eigenvalue weighted by Crippen LogP contribution is 2.20. The lowest BCUT2D eigenvalue weighted by atomic mass is 10.3. The van der Waals surface area contributed by atoms with Crippen LogP contribution in [0.4, 0.5) is 5.69 Å². The zero-order valence-corrected chi connectivity index (χ0v) is 6.74. The lowest BCUT2D eigenvalue weighted by Crippen LogP contribution is -1.86. The smallest absolute Gasteiger partial charge is 0.133 e. The molecule has 0 unspecified atom stereocenters. The van der Waals surface area contributed by atoms with Crippen LogP contribution in [0.15, 0.2) is 18.2 Å². The van der Waals surface area contributed by atoms with Gasteiger partial charge in [-0.15, -0.1) is 0 Å². The van der Waals surface area contributed by atoms with Crippen molar-refractivity contribution in [3.05, 3.63) is 29.2 Å². The normalized spacial score (nSPS) is 10.6. The summed E-state index contributed by atoms with van der Waals surface area (Å²) in [5, 5.41) is 19.3. The van der Waals surface area contributed by atoms with E-state index < -0.39 is 0 Å². The van der Waals surface area contributed by atoms with E-state index in [1.54, 1.807) is 23.7 Å². The quantitative estimate of drug-likeness (QED) is 0.598. The summed E-state index contributed by atoms with van der Waals surface area (Å²) >= 11 is 0. The molecule has 0 amide bonds. The van der Waals surface area contributed by atoms with Crippen LogP contribution >= 0.6 is 0 Å². The van der Waals surface area contributed by atoms with Crippen LogP contribution in [0, 0.1) is 5.21 Å². The standard InChI is InChI=1S/C8H8N3O2/c12-4-7-9-5-2-1-3-6(11-13)8(5)10-7/h1-3,11-12H,4H2,(H,9,10)/q-1. The number of hydrogen-bond donors (Lipinski definition) is 3. The van der Waals surface area contributed by atoms with Crippen molar-refractivity contribution < 1.29 is 5.11 Å². The van der Waals surface area contributed by atoms with Crippen molar-refractivity contribution in [2.45, 2.75) is 6.61 Å². The Hall–Kier alpha value is -1.59. The van der Waals surface area contributed by atoms with E-state index in [1.807, 2.05) is 0 Å². The minimum Gasteiger partial charge on any atom is -0.761 e. The van der Waals surface area contributed by atoms with Gasteiger partial charge in [-0.3, -0.25) is 0 Å². The van der Waals surface area contributed by atoms with E-state index in [1.165, 1.54) is 0 Å². The number of benzene rings is 1. The van der Waals surface area contributed by atoms with Gasteiger partial charge in [0.1, 0.15) is 17.9 Å².